The fourth-order valence-corrected chi connectivity index (χ4v) is 1.28. The van der Waals surface area contributed by atoms with Crippen molar-refractivity contribution in [3.8, 4) is 0 Å². The van der Waals surface area contributed by atoms with Gasteiger partial charge in [-0.05, 0) is 19.4 Å². The predicted molar refractivity (Wildman–Crippen MR) is 57.0 cm³/mol. The molecule has 0 atom stereocenters. The Morgan fingerprint density at radius 1 is 1.23 bits per heavy atom. The van der Waals surface area contributed by atoms with Gasteiger partial charge >= 0.3 is 0 Å². The summed E-state index contributed by atoms with van der Waals surface area (Å²) in [5.41, 5.74) is 0. The zero-order chi connectivity index (χ0) is 9.68. The van der Waals surface area contributed by atoms with E-state index in [2.05, 4.69) is 42.1 Å². The molecular formula is C10H21N3. The van der Waals surface area contributed by atoms with Crippen LogP contribution in [0, 0.1) is 5.92 Å². The summed E-state index contributed by atoms with van der Waals surface area (Å²) < 4.78 is 0. The maximum Gasteiger partial charge on any atom is 0.0488 e. The highest BCUT2D eigenvalue weighted by Gasteiger charge is 2.10. The quantitative estimate of drug-likeness (QED) is 0.614. The SMILES string of the molecule is CC(C)C/C=N/N1CCN(C)CC1. The third-order valence-electron chi connectivity index (χ3n) is 2.30. The van der Waals surface area contributed by atoms with Crippen molar-refractivity contribution in [1.82, 2.24) is 9.91 Å². The van der Waals surface area contributed by atoms with Gasteiger partial charge in [-0.3, -0.25) is 5.01 Å². The van der Waals surface area contributed by atoms with Gasteiger partial charge in [0.25, 0.3) is 0 Å². The molecule has 1 aliphatic rings. The van der Waals surface area contributed by atoms with Gasteiger partial charge in [0.15, 0.2) is 0 Å². The minimum absolute atomic E-state index is 0.719. The Morgan fingerprint density at radius 2 is 1.85 bits per heavy atom. The van der Waals surface area contributed by atoms with E-state index in [9.17, 15) is 0 Å². The maximum absolute atomic E-state index is 4.44. The first-order valence-corrected chi connectivity index (χ1v) is 5.14. The zero-order valence-corrected chi connectivity index (χ0v) is 9.03. The van der Waals surface area contributed by atoms with E-state index in [0.717, 1.165) is 38.5 Å². The molecule has 0 N–H and O–H groups in total. The molecule has 1 rings (SSSR count). The molecule has 1 fully saturated rings. The van der Waals surface area contributed by atoms with E-state index in [1.807, 2.05) is 0 Å². The molecule has 3 nitrogen and oxygen atoms in total. The van der Waals surface area contributed by atoms with Crippen LogP contribution in [0.25, 0.3) is 0 Å². The van der Waals surface area contributed by atoms with Gasteiger partial charge in [-0.1, -0.05) is 13.8 Å². The molecule has 0 aromatic heterocycles. The first kappa shape index (κ1) is 10.5. The molecule has 1 saturated heterocycles. The molecule has 0 spiro atoms. The largest absolute Gasteiger partial charge is 0.303 e. The summed E-state index contributed by atoms with van der Waals surface area (Å²) in [7, 11) is 2.16. The van der Waals surface area contributed by atoms with Crippen molar-refractivity contribution in [2.75, 3.05) is 33.2 Å². The fraction of sp³-hybridized carbons (Fsp3) is 0.900. The molecule has 3 heteroatoms. The van der Waals surface area contributed by atoms with Crippen molar-refractivity contribution in [3.63, 3.8) is 0 Å². The first-order valence-electron chi connectivity index (χ1n) is 5.14. The molecule has 0 saturated carbocycles. The standard InChI is InChI=1S/C10H21N3/c1-10(2)4-5-11-13-8-6-12(3)7-9-13/h5,10H,4,6-9H2,1-3H3/b11-5+. The average Bonchev–Trinajstić information content (AvgIpc) is 2.08. The molecule has 1 heterocycles. The van der Waals surface area contributed by atoms with Crippen molar-refractivity contribution in [2.45, 2.75) is 20.3 Å². The van der Waals surface area contributed by atoms with Crippen molar-refractivity contribution < 1.29 is 0 Å². The Balaban J connectivity index is 2.18. The van der Waals surface area contributed by atoms with E-state index < -0.39 is 0 Å². The highest BCUT2D eigenvalue weighted by atomic mass is 15.5. The fourth-order valence-electron chi connectivity index (χ4n) is 1.28. The van der Waals surface area contributed by atoms with Gasteiger partial charge < -0.3 is 4.90 Å². The lowest BCUT2D eigenvalue weighted by Crippen LogP contribution is -2.41. The van der Waals surface area contributed by atoms with Crippen molar-refractivity contribution >= 4 is 6.21 Å². The number of hydrazone groups is 1. The topological polar surface area (TPSA) is 18.8 Å². The predicted octanol–water partition coefficient (Wildman–Crippen LogP) is 1.27. The summed E-state index contributed by atoms with van der Waals surface area (Å²) in [5.74, 6) is 0.719. The van der Waals surface area contributed by atoms with Crippen LogP contribution in [0.2, 0.25) is 0 Å². The molecule has 13 heavy (non-hydrogen) atoms. The van der Waals surface area contributed by atoms with Crippen LogP contribution in [-0.2, 0) is 0 Å². The molecule has 76 valence electrons. The van der Waals surface area contributed by atoms with E-state index in [0.29, 0.717) is 0 Å². The summed E-state index contributed by atoms with van der Waals surface area (Å²) in [6.45, 7) is 8.86. The van der Waals surface area contributed by atoms with Gasteiger partial charge in [0.2, 0.25) is 0 Å². The number of likely N-dealkylation sites (N-methyl/N-ethyl adjacent to an activating group) is 1. The molecule has 0 aliphatic carbocycles. The third-order valence-corrected chi connectivity index (χ3v) is 2.30. The van der Waals surface area contributed by atoms with Gasteiger partial charge in [-0.25, -0.2) is 0 Å². The van der Waals surface area contributed by atoms with Crippen LogP contribution in [0.3, 0.4) is 0 Å². The Labute approximate surface area is 81.4 Å². The van der Waals surface area contributed by atoms with Gasteiger partial charge in [-0.2, -0.15) is 5.10 Å². The normalized spacial score (nSPS) is 20.5. The molecule has 0 aromatic rings. The summed E-state index contributed by atoms with van der Waals surface area (Å²) in [5, 5.41) is 6.61. The minimum Gasteiger partial charge on any atom is -0.303 e. The monoisotopic (exact) mass is 183 g/mol. The Hall–Kier alpha value is -0.570. The second kappa shape index (κ2) is 5.22. The van der Waals surface area contributed by atoms with Gasteiger partial charge in [0, 0.05) is 32.4 Å². The molecule has 0 bridgehead atoms. The Kier molecular flexibility index (Phi) is 4.22. The highest BCUT2D eigenvalue weighted by molar-refractivity contribution is 5.56. The van der Waals surface area contributed by atoms with Crippen LogP contribution < -0.4 is 0 Å². The third kappa shape index (κ3) is 4.27. The summed E-state index contributed by atoms with van der Waals surface area (Å²) in [6, 6.07) is 0. The van der Waals surface area contributed by atoms with E-state index in [4.69, 9.17) is 0 Å². The summed E-state index contributed by atoms with van der Waals surface area (Å²) >= 11 is 0. The van der Waals surface area contributed by atoms with Gasteiger partial charge in [0.1, 0.15) is 0 Å². The maximum atomic E-state index is 4.44. The Bertz CT molecular complexity index is 158. The lowest BCUT2D eigenvalue weighted by molar-refractivity contribution is 0.159. The van der Waals surface area contributed by atoms with E-state index in [-0.39, 0.29) is 0 Å². The zero-order valence-electron chi connectivity index (χ0n) is 9.03. The molecule has 0 aromatic carbocycles. The molecule has 0 amide bonds. The molecule has 0 radical (unpaired) electrons. The van der Waals surface area contributed by atoms with Crippen molar-refractivity contribution in [3.05, 3.63) is 0 Å². The summed E-state index contributed by atoms with van der Waals surface area (Å²) in [4.78, 5) is 2.34. The van der Waals surface area contributed by atoms with Crippen LogP contribution in [0.1, 0.15) is 20.3 Å². The lowest BCUT2D eigenvalue weighted by atomic mass is 10.2. The number of rotatable bonds is 3. The van der Waals surface area contributed by atoms with Crippen LogP contribution in [0.5, 0.6) is 0 Å². The summed E-state index contributed by atoms with van der Waals surface area (Å²) in [6.07, 6.45) is 3.14. The van der Waals surface area contributed by atoms with Gasteiger partial charge in [0.05, 0.1) is 0 Å². The lowest BCUT2D eigenvalue weighted by Gasteiger charge is -2.30. The number of hydrogen-bond acceptors (Lipinski definition) is 3. The Morgan fingerprint density at radius 3 is 2.38 bits per heavy atom. The van der Waals surface area contributed by atoms with Crippen LogP contribution in [-0.4, -0.2) is 49.4 Å². The minimum atomic E-state index is 0.719. The van der Waals surface area contributed by atoms with E-state index in [1.54, 1.807) is 0 Å². The van der Waals surface area contributed by atoms with Crippen LogP contribution >= 0.6 is 0 Å². The van der Waals surface area contributed by atoms with E-state index in [1.165, 1.54) is 0 Å². The number of nitrogens with zero attached hydrogens (tertiary/aromatic N) is 3. The van der Waals surface area contributed by atoms with Gasteiger partial charge in [-0.15, -0.1) is 0 Å². The van der Waals surface area contributed by atoms with Crippen LogP contribution in [0.4, 0.5) is 0 Å². The van der Waals surface area contributed by atoms with Crippen molar-refractivity contribution in [2.24, 2.45) is 11.0 Å². The number of hydrogen-bond donors (Lipinski definition) is 0. The second-order valence-corrected chi connectivity index (χ2v) is 4.18. The van der Waals surface area contributed by atoms with Crippen molar-refractivity contribution in [1.29, 1.82) is 0 Å². The second-order valence-electron chi connectivity index (χ2n) is 4.18. The van der Waals surface area contributed by atoms with Crippen LogP contribution in [0.15, 0.2) is 5.10 Å². The first-order chi connectivity index (χ1) is 6.18. The van der Waals surface area contributed by atoms with E-state index >= 15 is 0 Å². The average molecular weight is 183 g/mol. The number of piperazine rings is 1. The molecular weight excluding hydrogens is 162 g/mol. The highest BCUT2D eigenvalue weighted by Crippen LogP contribution is 2.00. The molecule has 0 unspecified atom stereocenters. The smallest absolute Gasteiger partial charge is 0.0488 e. The molecule has 1 aliphatic heterocycles.